The quantitative estimate of drug-likeness (QED) is 0.677. The van der Waals surface area contributed by atoms with E-state index in [9.17, 15) is 4.79 Å². The predicted octanol–water partition coefficient (Wildman–Crippen LogP) is 3.66. The molecule has 0 bridgehead atoms. The van der Waals surface area contributed by atoms with Crippen LogP contribution >= 0.6 is 12.4 Å². The van der Waals surface area contributed by atoms with Crippen LogP contribution in [0.2, 0.25) is 0 Å². The zero-order valence-electron chi connectivity index (χ0n) is 17.1. The number of carboxylic acids is 1. The normalized spacial score (nSPS) is 16.2. The summed E-state index contributed by atoms with van der Waals surface area (Å²) in [5, 5.41) is 8.89. The van der Waals surface area contributed by atoms with Crippen molar-refractivity contribution in [1.29, 1.82) is 0 Å². The minimum atomic E-state index is -0.748. The summed E-state index contributed by atoms with van der Waals surface area (Å²) < 4.78 is 5.87. The molecule has 154 valence electrons. The highest BCUT2D eigenvalue weighted by Gasteiger charge is 2.23. The van der Waals surface area contributed by atoms with Gasteiger partial charge in [-0.2, -0.15) is 0 Å². The van der Waals surface area contributed by atoms with E-state index in [4.69, 9.17) is 9.84 Å². The fraction of sp³-hybridized carbons (Fsp3) is 0.667. The van der Waals surface area contributed by atoms with Crippen LogP contribution in [0.3, 0.4) is 0 Å². The summed E-state index contributed by atoms with van der Waals surface area (Å²) in [7, 11) is 1.91. The molecule has 2 rings (SSSR count). The minimum absolute atomic E-state index is 0. The Hall–Kier alpha value is -1.30. The Balaban J connectivity index is 0.00000364. The summed E-state index contributed by atoms with van der Waals surface area (Å²) in [5.41, 5.74) is 1.49. The number of rotatable bonds is 8. The molecule has 1 saturated heterocycles. The summed E-state index contributed by atoms with van der Waals surface area (Å²) in [5.74, 6) is 0.189. The number of benzene rings is 1. The third kappa shape index (κ3) is 8.08. The van der Waals surface area contributed by atoms with Gasteiger partial charge in [0.25, 0.3) is 0 Å². The highest BCUT2D eigenvalue weighted by Crippen LogP contribution is 2.24. The molecule has 1 aliphatic heterocycles. The maximum absolute atomic E-state index is 10.8. The molecule has 5 nitrogen and oxygen atoms in total. The molecule has 1 aromatic carbocycles. The van der Waals surface area contributed by atoms with Crippen LogP contribution in [0.25, 0.3) is 0 Å². The van der Waals surface area contributed by atoms with E-state index in [-0.39, 0.29) is 24.4 Å². The van der Waals surface area contributed by atoms with E-state index in [1.807, 2.05) is 11.9 Å². The second-order valence-corrected chi connectivity index (χ2v) is 8.36. The molecular formula is C21H35ClN2O3. The number of likely N-dealkylation sites (tertiary alicyclic amines) is 1. The first kappa shape index (κ1) is 23.7. The van der Waals surface area contributed by atoms with E-state index in [1.54, 1.807) is 0 Å². The van der Waals surface area contributed by atoms with E-state index in [2.05, 4.69) is 49.9 Å². The summed E-state index contributed by atoms with van der Waals surface area (Å²) in [6.07, 6.45) is 3.09. The number of carboxylic acid groups (broad SMARTS) is 1. The Labute approximate surface area is 170 Å². The van der Waals surface area contributed by atoms with Crippen molar-refractivity contribution in [3.8, 4) is 5.75 Å². The number of ether oxygens (including phenoxy) is 1. The summed E-state index contributed by atoms with van der Waals surface area (Å²) in [4.78, 5) is 15.2. The smallest absolute Gasteiger partial charge is 0.317 e. The van der Waals surface area contributed by atoms with Crippen LogP contribution in [0, 0.1) is 0 Å². The highest BCUT2D eigenvalue weighted by atomic mass is 35.5. The van der Waals surface area contributed by atoms with Gasteiger partial charge in [0, 0.05) is 12.6 Å². The highest BCUT2D eigenvalue weighted by molar-refractivity contribution is 5.85. The summed E-state index contributed by atoms with van der Waals surface area (Å²) in [6, 6.07) is 8.80. The maximum atomic E-state index is 10.8. The molecule has 0 atom stereocenters. The Morgan fingerprint density at radius 3 is 2.33 bits per heavy atom. The van der Waals surface area contributed by atoms with Crippen molar-refractivity contribution in [1.82, 2.24) is 9.80 Å². The molecule has 0 unspecified atom stereocenters. The first-order valence-corrected chi connectivity index (χ1v) is 9.63. The number of likely N-dealkylation sites (N-methyl/N-ethyl adjacent to an activating group) is 1. The minimum Gasteiger partial charge on any atom is -0.494 e. The van der Waals surface area contributed by atoms with E-state index in [0.29, 0.717) is 6.04 Å². The van der Waals surface area contributed by atoms with Gasteiger partial charge in [-0.05, 0) is 62.5 Å². The lowest BCUT2D eigenvalue weighted by Gasteiger charge is -2.36. The molecule has 1 fully saturated rings. The van der Waals surface area contributed by atoms with Crippen molar-refractivity contribution in [3.63, 3.8) is 0 Å². The third-order valence-corrected chi connectivity index (χ3v) is 5.17. The standard InChI is InChI=1S/C21H34N2O3.ClH/c1-21(2,3)17-6-8-19(9-7-17)26-15-5-12-23-13-10-18(11-14-23)22(4)16-20(24)25;/h6-9,18H,5,10-16H2,1-4H3,(H,24,25);1H. The van der Waals surface area contributed by atoms with Gasteiger partial charge in [-0.25, -0.2) is 0 Å². The lowest BCUT2D eigenvalue weighted by atomic mass is 9.87. The summed E-state index contributed by atoms with van der Waals surface area (Å²) >= 11 is 0. The van der Waals surface area contributed by atoms with Crippen molar-refractivity contribution in [3.05, 3.63) is 29.8 Å². The summed E-state index contributed by atoms with van der Waals surface area (Å²) in [6.45, 7) is 10.6. The molecule has 1 aliphatic rings. The van der Waals surface area contributed by atoms with Gasteiger partial charge >= 0.3 is 5.97 Å². The molecule has 1 N–H and O–H groups in total. The van der Waals surface area contributed by atoms with Gasteiger partial charge in [0.1, 0.15) is 5.75 Å². The lowest BCUT2D eigenvalue weighted by molar-refractivity contribution is -0.138. The lowest BCUT2D eigenvalue weighted by Crippen LogP contribution is -2.45. The van der Waals surface area contributed by atoms with Crippen molar-refractivity contribution < 1.29 is 14.6 Å². The second-order valence-electron chi connectivity index (χ2n) is 8.36. The van der Waals surface area contributed by atoms with Crippen LogP contribution < -0.4 is 4.74 Å². The molecular weight excluding hydrogens is 364 g/mol. The predicted molar refractivity (Wildman–Crippen MR) is 112 cm³/mol. The number of nitrogens with zero attached hydrogens (tertiary/aromatic N) is 2. The van der Waals surface area contributed by atoms with E-state index in [1.165, 1.54) is 5.56 Å². The molecule has 0 amide bonds. The molecule has 1 aromatic rings. The second kappa shape index (κ2) is 10.9. The van der Waals surface area contributed by atoms with E-state index < -0.39 is 5.97 Å². The third-order valence-electron chi connectivity index (χ3n) is 5.17. The monoisotopic (exact) mass is 398 g/mol. The largest absolute Gasteiger partial charge is 0.494 e. The first-order valence-electron chi connectivity index (χ1n) is 9.63. The van der Waals surface area contributed by atoms with Crippen molar-refractivity contribution in [2.45, 2.75) is 51.5 Å². The maximum Gasteiger partial charge on any atom is 0.317 e. The van der Waals surface area contributed by atoms with Crippen LogP contribution in [0.5, 0.6) is 5.75 Å². The van der Waals surface area contributed by atoms with Crippen LogP contribution in [-0.2, 0) is 10.2 Å². The fourth-order valence-electron chi connectivity index (χ4n) is 3.46. The Morgan fingerprint density at radius 1 is 1.22 bits per heavy atom. The fourth-order valence-corrected chi connectivity index (χ4v) is 3.46. The number of halogens is 1. The zero-order valence-corrected chi connectivity index (χ0v) is 17.9. The van der Waals surface area contributed by atoms with Crippen molar-refractivity contribution in [2.24, 2.45) is 0 Å². The van der Waals surface area contributed by atoms with Gasteiger partial charge in [0.2, 0.25) is 0 Å². The van der Waals surface area contributed by atoms with Gasteiger partial charge in [0.15, 0.2) is 0 Å². The number of aliphatic carboxylic acids is 1. The molecule has 6 heteroatoms. The number of carbonyl (C=O) groups is 1. The van der Waals surface area contributed by atoms with E-state index in [0.717, 1.165) is 51.3 Å². The van der Waals surface area contributed by atoms with Gasteiger partial charge in [0.05, 0.1) is 13.2 Å². The molecule has 27 heavy (non-hydrogen) atoms. The van der Waals surface area contributed by atoms with Gasteiger partial charge in [-0.3, -0.25) is 9.69 Å². The molecule has 0 aliphatic carbocycles. The Bertz CT molecular complexity index is 564. The Morgan fingerprint density at radius 2 is 1.81 bits per heavy atom. The van der Waals surface area contributed by atoms with Crippen LogP contribution in [-0.4, -0.2) is 66.8 Å². The van der Waals surface area contributed by atoms with Crippen molar-refractivity contribution in [2.75, 3.05) is 39.8 Å². The zero-order chi connectivity index (χ0) is 19.2. The van der Waals surface area contributed by atoms with Crippen LogP contribution in [0.15, 0.2) is 24.3 Å². The average molecular weight is 399 g/mol. The Kier molecular flexibility index (Phi) is 9.57. The van der Waals surface area contributed by atoms with E-state index >= 15 is 0 Å². The molecule has 0 aromatic heterocycles. The van der Waals surface area contributed by atoms with Gasteiger partial charge in [-0.1, -0.05) is 32.9 Å². The SMILES string of the molecule is CN(CC(=O)O)C1CCN(CCCOc2ccc(C(C)(C)C)cc2)CC1.Cl. The number of hydrogen-bond donors (Lipinski definition) is 1. The van der Waals surface area contributed by atoms with Crippen LogP contribution in [0.4, 0.5) is 0 Å². The van der Waals surface area contributed by atoms with Gasteiger partial charge in [-0.15, -0.1) is 12.4 Å². The topological polar surface area (TPSA) is 53.0 Å². The van der Waals surface area contributed by atoms with Crippen molar-refractivity contribution >= 4 is 18.4 Å². The number of piperidine rings is 1. The number of hydrogen-bond acceptors (Lipinski definition) is 4. The van der Waals surface area contributed by atoms with Gasteiger partial charge < -0.3 is 14.7 Å². The average Bonchev–Trinajstić information content (AvgIpc) is 2.58. The molecule has 0 saturated carbocycles. The molecule has 0 radical (unpaired) electrons. The van der Waals surface area contributed by atoms with Crippen LogP contribution in [0.1, 0.15) is 45.6 Å². The molecule has 0 spiro atoms. The first-order chi connectivity index (χ1) is 12.3. The molecule has 1 heterocycles.